The summed E-state index contributed by atoms with van der Waals surface area (Å²) in [5.41, 5.74) is 1.61. The Labute approximate surface area is 132 Å². The first kappa shape index (κ1) is 15.7. The van der Waals surface area contributed by atoms with E-state index in [2.05, 4.69) is 5.32 Å². The second-order valence-electron chi connectivity index (χ2n) is 4.21. The zero-order valence-corrected chi connectivity index (χ0v) is 13.7. The lowest BCUT2D eigenvalue weighted by Crippen LogP contribution is -2.18. The van der Waals surface area contributed by atoms with Gasteiger partial charge in [0.1, 0.15) is 4.32 Å². The lowest BCUT2D eigenvalue weighted by Gasteiger charge is -2.14. The average Bonchev–Trinajstić information content (AvgIpc) is 2.83. The molecule has 1 aromatic carbocycles. The van der Waals surface area contributed by atoms with Crippen LogP contribution in [-0.2, 0) is 4.79 Å². The second kappa shape index (κ2) is 6.36. The van der Waals surface area contributed by atoms with Crippen LogP contribution in [0.1, 0.15) is 12.5 Å². The first-order valence-corrected chi connectivity index (χ1v) is 7.28. The topological polar surface area (TPSA) is 56.8 Å². The molecular formula is C14H15NO4S2. The number of methoxy groups -OCH3 is 3. The molecule has 2 rings (SSSR count). The van der Waals surface area contributed by atoms with Gasteiger partial charge in [0.05, 0.1) is 26.2 Å². The average molecular weight is 325 g/mol. The summed E-state index contributed by atoms with van der Waals surface area (Å²) >= 11 is 6.26. The highest BCUT2D eigenvalue weighted by Gasteiger charge is 2.26. The summed E-state index contributed by atoms with van der Waals surface area (Å²) < 4.78 is 16.4. The first-order chi connectivity index (χ1) is 10.0. The van der Waals surface area contributed by atoms with Crippen molar-refractivity contribution in [1.82, 2.24) is 5.32 Å². The van der Waals surface area contributed by atoms with Gasteiger partial charge in [-0.1, -0.05) is 24.0 Å². The quantitative estimate of drug-likeness (QED) is 0.678. The number of rotatable bonds is 4. The maximum absolute atomic E-state index is 11.9. The molecule has 0 bridgehead atoms. The van der Waals surface area contributed by atoms with Crippen molar-refractivity contribution < 1.29 is 19.0 Å². The number of thiocarbonyl (C=S) groups is 1. The number of allylic oxidation sites excluding steroid dienone is 1. The van der Waals surface area contributed by atoms with E-state index < -0.39 is 0 Å². The van der Waals surface area contributed by atoms with E-state index in [0.717, 1.165) is 11.1 Å². The summed E-state index contributed by atoms with van der Waals surface area (Å²) in [6, 6.07) is 3.61. The van der Waals surface area contributed by atoms with Crippen molar-refractivity contribution >= 4 is 39.8 Å². The number of hydrogen-bond acceptors (Lipinski definition) is 6. The van der Waals surface area contributed by atoms with Crippen molar-refractivity contribution in [3.8, 4) is 17.2 Å². The van der Waals surface area contributed by atoms with Crippen LogP contribution in [0.25, 0.3) is 5.57 Å². The Bertz CT molecular complexity index is 615. The Kier molecular flexibility index (Phi) is 4.74. The predicted molar refractivity (Wildman–Crippen MR) is 87.0 cm³/mol. The SMILES string of the molecule is COc1cc(/C(C)=C2\SC(=S)NC2=O)cc(OC)c1OC. The molecule has 1 heterocycles. The molecule has 0 spiro atoms. The molecule has 0 saturated carbocycles. The van der Waals surface area contributed by atoms with Crippen molar-refractivity contribution in [3.05, 3.63) is 22.6 Å². The maximum atomic E-state index is 11.9. The third-order valence-electron chi connectivity index (χ3n) is 3.05. The fourth-order valence-corrected chi connectivity index (χ4v) is 3.08. The summed E-state index contributed by atoms with van der Waals surface area (Å²) in [5.74, 6) is 1.41. The zero-order valence-electron chi connectivity index (χ0n) is 12.1. The van der Waals surface area contributed by atoms with Gasteiger partial charge in [-0.15, -0.1) is 0 Å². The van der Waals surface area contributed by atoms with Gasteiger partial charge in [-0.3, -0.25) is 4.79 Å². The van der Waals surface area contributed by atoms with Crippen LogP contribution in [0.15, 0.2) is 17.0 Å². The molecule has 1 aromatic rings. The van der Waals surface area contributed by atoms with Crippen molar-refractivity contribution in [2.45, 2.75) is 6.92 Å². The molecule has 112 valence electrons. The molecule has 21 heavy (non-hydrogen) atoms. The third-order valence-corrected chi connectivity index (χ3v) is 4.39. The van der Waals surface area contributed by atoms with Gasteiger partial charge in [-0.2, -0.15) is 0 Å². The number of hydrogen-bond donors (Lipinski definition) is 1. The monoisotopic (exact) mass is 325 g/mol. The van der Waals surface area contributed by atoms with Crippen LogP contribution in [0.5, 0.6) is 17.2 Å². The minimum atomic E-state index is -0.184. The predicted octanol–water partition coefficient (Wildman–Crippen LogP) is 2.59. The zero-order chi connectivity index (χ0) is 15.6. The number of nitrogens with one attached hydrogen (secondary N) is 1. The molecule has 0 aromatic heterocycles. The number of carbonyl (C=O) groups excluding carboxylic acids is 1. The Morgan fingerprint density at radius 1 is 1.14 bits per heavy atom. The number of benzene rings is 1. The van der Waals surface area contributed by atoms with Gasteiger partial charge in [-0.05, 0) is 30.2 Å². The van der Waals surface area contributed by atoms with E-state index in [-0.39, 0.29) is 5.91 Å². The van der Waals surface area contributed by atoms with Gasteiger partial charge in [0.25, 0.3) is 5.91 Å². The Balaban J connectivity index is 2.57. The van der Waals surface area contributed by atoms with Crippen molar-refractivity contribution in [2.24, 2.45) is 0 Å². The summed E-state index contributed by atoms with van der Waals surface area (Å²) in [4.78, 5) is 12.4. The molecule has 5 nitrogen and oxygen atoms in total. The van der Waals surface area contributed by atoms with Crippen molar-refractivity contribution in [1.29, 1.82) is 0 Å². The van der Waals surface area contributed by atoms with Crippen molar-refractivity contribution in [3.63, 3.8) is 0 Å². The fourth-order valence-electron chi connectivity index (χ4n) is 1.99. The summed E-state index contributed by atoms with van der Waals surface area (Å²) in [7, 11) is 4.65. The maximum Gasteiger partial charge on any atom is 0.263 e. The van der Waals surface area contributed by atoms with Gasteiger partial charge in [0.15, 0.2) is 11.5 Å². The molecule has 1 saturated heterocycles. The molecule has 1 aliphatic heterocycles. The normalized spacial score (nSPS) is 16.6. The molecule has 1 N–H and O–H groups in total. The second-order valence-corrected chi connectivity index (χ2v) is 5.90. The van der Waals surface area contributed by atoms with E-state index in [0.29, 0.717) is 26.5 Å². The summed E-state index contributed by atoms with van der Waals surface area (Å²) in [6.45, 7) is 1.86. The Morgan fingerprint density at radius 2 is 1.71 bits per heavy atom. The van der Waals surface area contributed by atoms with E-state index in [9.17, 15) is 4.79 Å². The van der Waals surface area contributed by atoms with Crippen LogP contribution in [0.4, 0.5) is 0 Å². The van der Waals surface area contributed by atoms with Crippen LogP contribution in [0.3, 0.4) is 0 Å². The van der Waals surface area contributed by atoms with E-state index >= 15 is 0 Å². The summed E-state index contributed by atoms with van der Waals surface area (Å²) in [6.07, 6.45) is 0. The molecule has 1 aliphatic rings. The van der Waals surface area contributed by atoms with E-state index in [1.165, 1.54) is 11.8 Å². The van der Waals surface area contributed by atoms with E-state index in [4.69, 9.17) is 26.4 Å². The van der Waals surface area contributed by atoms with E-state index in [1.54, 1.807) is 33.5 Å². The van der Waals surface area contributed by atoms with Gasteiger partial charge < -0.3 is 19.5 Å². The molecule has 1 amide bonds. The summed E-state index contributed by atoms with van der Waals surface area (Å²) in [5, 5.41) is 2.61. The Hall–Kier alpha value is -1.73. The molecule has 0 atom stereocenters. The smallest absolute Gasteiger partial charge is 0.263 e. The minimum Gasteiger partial charge on any atom is -0.493 e. The van der Waals surface area contributed by atoms with Gasteiger partial charge in [0, 0.05) is 0 Å². The van der Waals surface area contributed by atoms with Gasteiger partial charge in [-0.25, -0.2) is 0 Å². The largest absolute Gasteiger partial charge is 0.493 e. The fraction of sp³-hybridized carbons (Fsp3) is 0.286. The minimum absolute atomic E-state index is 0.184. The van der Waals surface area contributed by atoms with Gasteiger partial charge in [0.2, 0.25) is 5.75 Å². The number of amides is 1. The first-order valence-electron chi connectivity index (χ1n) is 6.06. The molecule has 0 radical (unpaired) electrons. The molecule has 1 fully saturated rings. The molecule has 7 heteroatoms. The highest BCUT2D eigenvalue weighted by atomic mass is 32.2. The molecule has 0 unspecified atom stereocenters. The lowest BCUT2D eigenvalue weighted by molar-refractivity contribution is -0.115. The van der Waals surface area contributed by atoms with Crippen LogP contribution >= 0.6 is 24.0 Å². The van der Waals surface area contributed by atoms with Crippen LogP contribution in [0.2, 0.25) is 0 Å². The highest BCUT2D eigenvalue weighted by molar-refractivity contribution is 8.26. The van der Waals surface area contributed by atoms with Crippen molar-refractivity contribution in [2.75, 3.05) is 21.3 Å². The number of thioether (sulfide) groups is 1. The highest BCUT2D eigenvalue weighted by Crippen LogP contribution is 2.41. The third kappa shape index (κ3) is 2.98. The molecule has 0 aliphatic carbocycles. The molecular weight excluding hydrogens is 310 g/mol. The van der Waals surface area contributed by atoms with E-state index in [1.807, 2.05) is 6.92 Å². The van der Waals surface area contributed by atoms with Gasteiger partial charge >= 0.3 is 0 Å². The standard InChI is InChI=1S/C14H15NO4S2/c1-7(12-13(16)15-14(20)21-12)8-5-9(17-2)11(19-4)10(6-8)18-3/h5-6H,1-4H3,(H,15,16,20)/b12-7-. The number of ether oxygens (including phenoxy) is 3. The number of carbonyl (C=O) groups is 1. The van der Waals surface area contributed by atoms with Crippen LogP contribution < -0.4 is 19.5 Å². The van der Waals surface area contributed by atoms with Crippen LogP contribution in [-0.4, -0.2) is 31.6 Å². The van der Waals surface area contributed by atoms with Crippen LogP contribution in [0, 0.1) is 0 Å². The Morgan fingerprint density at radius 3 is 2.10 bits per heavy atom. The lowest BCUT2D eigenvalue weighted by atomic mass is 10.1.